The van der Waals surface area contributed by atoms with Crippen LogP contribution in [0.4, 0.5) is 13.2 Å². The van der Waals surface area contributed by atoms with Crippen LogP contribution < -0.4 is 0 Å². The molecule has 0 radical (unpaired) electrons. The van der Waals surface area contributed by atoms with E-state index in [4.69, 9.17) is 11.6 Å². The summed E-state index contributed by atoms with van der Waals surface area (Å²) < 4.78 is 36.5. The first-order valence-electron chi connectivity index (χ1n) is 4.58. The maximum Gasteiger partial charge on any atom is 0.412 e. The lowest BCUT2D eigenvalue weighted by Gasteiger charge is -2.15. The van der Waals surface area contributed by atoms with Gasteiger partial charge in [0.2, 0.25) is 0 Å². The molecule has 0 amide bonds. The van der Waals surface area contributed by atoms with Gasteiger partial charge in [0.1, 0.15) is 4.32 Å². The summed E-state index contributed by atoms with van der Waals surface area (Å²) in [5.41, 5.74) is 0.0776. The number of alkyl halides is 3. The average Bonchev–Trinajstić information content (AvgIpc) is 2.20. The number of allylic oxidation sites excluding steroid dienone is 4. The monoisotopic (exact) mass is 256 g/mol. The molecule has 0 aromatic carbocycles. The highest BCUT2D eigenvalue weighted by Gasteiger charge is 2.33. The van der Waals surface area contributed by atoms with Gasteiger partial charge in [-0.1, -0.05) is 49.8 Å². The van der Waals surface area contributed by atoms with Crippen LogP contribution in [-0.4, -0.2) is 10.5 Å². The van der Waals surface area contributed by atoms with Crippen molar-refractivity contribution < 1.29 is 13.2 Å². The Bertz CT molecular complexity index is 290. The minimum Gasteiger partial charge on any atom is -0.166 e. The first-order chi connectivity index (χ1) is 6.91. The molecule has 15 heavy (non-hydrogen) atoms. The van der Waals surface area contributed by atoms with Gasteiger partial charge in [0, 0.05) is 5.57 Å². The molecule has 0 fully saturated rings. The molecule has 0 unspecified atom stereocenters. The molecule has 0 aromatic heterocycles. The summed E-state index contributed by atoms with van der Waals surface area (Å²) in [6.07, 6.45) is -1.62. The molecule has 0 nitrogen and oxygen atoms in total. The van der Waals surface area contributed by atoms with E-state index in [0.717, 1.165) is 6.08 Å². The van der Waals surface area contributed by atoms with E-state index in [1.807, 2.05) is 13.8 Å². The number of halogens is 4. The molecular formula is C10H12ClF3S. The van der Waals surface area contributed by atoms with E-state index in [1.54, 1.807) is 0 Å². The maximum atomic E-state index is 12.1. The first kappa shape index (κ1) is 14.6. The van der Waals surface area contributed by atoms with Crippen LogP contribution in [0.3, 0.4) is 0 Å². The van der Waals surface area contributed by atoms with E-state index in [0.29, 0.717) is 5.57 Å². The number of hydrogen-bond acceptors (Lipinski definition) is 1. The van der Waals surface area contributed by atoms with E-state index in [9.17, 15) is 13.2 Å². The van der Waals surface area contributed by atoms with Crippen molar-refractivity contribution >= 4 is 28.1 Å². The lowest BCUT2D eigenvalue weighted by atomic mass is 9.99. The lowest BCUT2D eigenvalue weighted by molar-refractivity contribution is -0.0940. The minimum absolute atomic E-state index is 0.0395. The van der Waals surface area contributed by atoms with Gasteiger partial charge < -0.3 is 0 Å². The number of rotatable bonds is 1. The van der Waals surface area contributed by atoms with Crippen LogP contribution in [0, 0.1) is 0 Å². The molecule has 1 rings (SSSR count). The third-order valence-electron chi connectivity index (χ3n) is 1.77. The van der Waals surface area contributed by atoms with Gasteiger partial charge in [-0.05, 0) is 18.4 Å². The Morgan fingerprint density at radius 1 is 1.27 bits per heavy atom. The molecule has 0 heterocycles. The third kappa shape index (κ3) is 4.80. The van der Waals surface area contributed by atoms with Crippen molar-refractivity contribution in [2.75, 3.05) is 0 Å². The van der Waals surface area contributed by atoms with Gasteiger partial charge in [0.15, 0.2) is 0 Å². The summed E-state index contributed by atoms with van der Waals surface area (Å²) in [5.74, 6) is 0. The predicted octanol–water partition coefficient (Wildman–Crippen LogP) is 4.79. The highest BCUT2D eigenvalue weighted by Crippen LogP contribution is 2.33. The summed E-state index contributed by atoms with van der Waals surface area (Å²) in [5, 5.41) is 0. The van der Waals surface area contributed by atoms with Gasteiger partial charge in [-0.15, -0.1) is 0 Å². The normalized spacial score (nSPS) is 15.9. The van der Waals surface area contributed by atoms with Gasteiger partial charge in [0.05, 0.1) is 0 Å². The average molecular weight is 257 g/mol. The summed E-state index contributed by atoms with van der Waals surface area (Å²) >= 11 is 10.1. The largest absolute Gasteiger partial charge is 0.412 e. The Balaban J connectivity index is 0.000000921. The van der Waals surface area contributed by atoms with Crippen LogP contribution in [0.15, 0.2) is 23.3 Å². The van der Waals surface area contributed by atoms with Crippen LogP contribution >= 0.6 is 23.8 Å². The van der Waals surface area contributed by atoms with E-state index in [1.165, 1.54) is 6.08 Å². The van der Waals surface area contributed by atoms with Crippen LogP contribution in [0.25, 0.3) is 0 Å². The highest BCUT2D eigenvalue weighted by molar-refractivity contribution is 7.83. The summed E-state index contributed by atoms with van der Waals surface area (Å²) in [6.45, 7) is 4.00. The van der Waals surface area contributed by atoms with Gasteiger partial charge in [-0.25, -0.2) is 0 Å². The van der Waals surface area contributed by atoms with Gasteiger partial charge >= 0.3 is 6.18 Å². The van der Waals surface area contributed by atoms with Crippen molar-refractivity contribution in [3.05, 3.63) is 23.3 Å². The topological polar surface area (TPSA) is 0 Å². The molecule has 0 aromatic rings. The fraction of sp³-hybridized carbons (Fsp3) is 0.500. The summed E-state index contributed by atoms with van der Waals surface area (Å²) in [4.78, 5) is 0. The number of hydrogen-bond donors (Lipinski definition) is 0. The van der Waals surface area contributed by atoms with Crippen molar-refractivity contribution in [1.29, 1.82) is 0 Å². The predicted molar refractivity (Wildman–Crippen MR) is 61.3 cm³/mol. The zero-order valence-electron chi connectivity index (χ0n) is 8.49. The molecule has 0 saturated carbocycles. The molecule has 5 heteroatoms. The Hall–Kier alpha value is -0.350. The van der Waals surface area contributed by atoms with Gasteiger partial charge in [-0.2, -0.15) is 13.2 Å². The Morgan fingerprint density at radius 2 is 1.80 bits per heavy atom. The van der Waals surface area contributed by atoms with Crippen LogP contribution in [-0.2, 0) is 0 Å². The van der Waals surface area contributed by atoms with Crippen molar-refractivity contribution in [3.63, 3.8) is 0 Å². The van der Waals surface area contributed by atoms with Gasteiger partial charge in [0.25, 0.3) is 0 Å². The Morgan fingerprint density at radius 3 is 2.07 bits per heavy atom. The fourth-order valence-electron chi connectivity index (χ4n) is 1.04. The second-order valence-electron chi connectivity index (χ2n) is 2.66. The smallest absolute Gasteiger partial charge is 0.166 e. The SMILES string of the molecule is CC.FC(F)(F)C1=CC=C(C(=S)Cl)CC1. The molecule has 0 aliphatic heterocycles. The molecule has 0 spiro atoms. The summed E-state index contributed by atoms with van der Waals surface area (Å²) in [6, 6.07) is 0. The molecule has 86 valence electrons. The van der Waals surface area contributed by atoms with E-state index in [2.05, 4.69) is 12.2 Å². The molecule has 0 bridgehead atoms. The Labute approximate surface area is 97.8 Å². The maximum absolute atomic E-state index is 12.1. The fourth-order valence-corrected chi connectivity index (χ4v) is 1.36. The number of thiocarbonyl (C=S) groups is 1. The first-order valence-corrected chi connectivity index (χ1v) is 5.36. The van der Waals surface area contributed by atoms with E-state index >= 15 is 0 Å². The van der Waals surface area contributed by atoms with Crippen molar-refractivity contribution in [1.82, 2.24) is 0 Å². The zero-order valence-corrected chi connectivity index (χ0v) is 10.1. The second-order valence-corrected chi connectivity index (χ2v) is 3.67. The zero-order chi connectivity index (χ0) is 12.1. The quantitative estimate of drug-likeness (QED) is 0.480. The summed E-state index contributed by atoms with van der Waals surface area (Å²) in [7, 11) is 0. The highest BCUT2D eigenvalue weighted by atomic mass is 35.5. The molecule has 1 aliphatic carbocycles. The van der Waals surface area contributed by atoms with Crippen LogP contribution in [0.1, 0.15) is 26.7 Å². The standard InChI is InChI=1S/C8H6ClF3S.C2H6/c9-7(13)5-1-3-6(4-2-5)8(10,11)12;1-2/h1,3H,2,4H2;1-2H3. The molecule has 0 atom stereocenters. The molecular weight excluding hydrogens is 245 g/mol. The van der Waals surface area contributed by atoms with Crippen LogP contribution in [0.2, 0.25) is 0 Å². The van der Waals surface area contributed by atoms with Crippen molar-refractivity contribution in [2.45, 2.75) is 32.9 Å². The van der Waals surface area contributed by atoms with E-state index < -0.39 is 11.7 Å². The molecule has 1 aliphatic rings. The minimum atomic E-state index is -4.23. The van der Waals surface area contributed by atoms with Crippen LogP contribution in [0.5, 0.6) is 0 Å². The second kappa shape index (κ2) is 6.28. The third-order valence-corrected chi connectivity index (χ3v) is 2.27. The van der Waals surface area contributed by atoms with Crippen molar-refractivity contribution in [3.8, 4) is 0 Å². The Kier molecular flexibility index (Phi) is 6.13. The lowest BCUT2D eigenvalue weighted by Crippen LogP contribution is -2.14. The van der Waals surface area contributed by atoms with E-state index in [-0.39, 0.29) is 17.2 Å². The molecule has 0 N–H and O–H groups in total. The van der Waals surface area contributed by atoms with Crippen molar-refractivity contribution in [2.24, 2.45) is 0 Å². The van der Waals surface area contributed by atoms with Gasteiger partial charge in [-0.3, -0.25) is 0 Å². The molecule has 0 saturated heterocycles.